The number of benzene rings is 3. The van der Waals surface area contributed by atoms with Crippen molar-refractivity contribution in [3.05, 3.63) is 98.1 Å². The van der Waals surface area contributed by atoms with Crippen LogP contribution in [0.2, 0.25) is 5.02 Å². The zero-order chi connectivity index (χ0) is 25.3. The van der Waals surface area contributed by atoms with Gasteiger partial charge in [-0.1, -0.05) is 23.7 Å². The number of esters is 1. The van der Waals surface area contributed by atoms with E-state index < -0.39 is 40.8 Å². The molecule has 0 radical (unpaired) electrons. The van der Waals surface area contributed by atoms with E-state index in [0.717, 1.165) is 11.0 Å². The standard InChI is InChI=1S/C24H15ClN2O8/c1-34-21-9-7-13(11-19(21)27(32)33)20(28)12-35-24(31)14-6-8-15-16(10-14)23(30)26(22(15)29)18-5-3-2-4-17(18)25/h2-11H,12H2,1H3. The number of hydrogen-bond donors (Lipinski definition) is 0. The summed E-state index contributed by atoms with van der Waals surface area (Å²) in [5, 5.41) is 11.4. The van der Waals surface area contributed by atoms with Crippen LogP contribution in [-0.2, 0) is 4.74 Å². The molecule has 10 nitrogen and oxygen atoms in total. The van der Waals surface area contributed by atoms with Gasteiger partial charge in [0.2, 0.25) is 5.78 Å². The van der Waals surface area contributed by atoms with Crippen LogP contribution in [0.1, 0.15) is 41.4 Å². The van der Waals surface area contributed by atoms with E-state index in [2.05, 4.69) is 0 Å². The van der Waals surface area contributed by atoms with Crippen LogP contribution in [0.4, 0.5) is 11.4 Å². The lowest BCUT2D eigenvalue weighted by molar-refractivity contribution is -0.385. The first-order valence-corrected chi connectivity index (χ1v) is 10.4. The van der Waals surface area contributed by atoms with E-state index in [1.54, 1.807) is 12.1 Å². The molecule has 0 spiro atoms. The molecular formula is C24H15ClN2O8. The number of fused-ring (bicyclic) bond motifs is 1. The number of imide groups is 1. The summed E-state index contributed by atoms with van der Waals surface area (Å²) in [4.78, 5) is 62.0. The number of nitro groups is 1. The first-order valence-electron chi connectivity index (χ1n) is 10.0. The van der Waals surface area contributed by atoms with Gasteiger partial charge in [0.15, 0.2) is 12.4 Å². The largest absolute Gasteiger partial charge is 0.490 e. The lowest BCUT2D eigenvalue weighted by atomic mass is 10.1. The normalized spacial score (nSPS) is 12.3. The van der Waals surface area contributed by atoms with Crippen molar-refractivity contribution in [1.29, 1.82) is 0 Å². The van der Waals surface area contributed by atoms with Gasteiger partial charge in [-0.3, -0.25) is 24.5 Å². The van der Waals surface area contributed by atoms with Crippen molar-refractivity contribution < 1.29 is 33.6 Å². The summed E-state index contributed by atoms with van der Waals surface area (Å²) >= 11 is 6.13. The number of halogens is 1. The molecule has 2 amide bonds. The van der Waals surface area contributed by atoms with E-state index in [-0.39, 0.29) is 38.7 Å². The Bertz CT molecular complexity index is 1420. The number of carbonyl (C=O) groups is 4. The van der Waals surface area contributed by atoms with Gasteiger partial charge < -0.3 is 9.47 Å². The van der Waals surface area contributed by atoms with E-state index in [1.807, 2.05) is 0 Å². The molecule has 3 aromatic rings. The fourth-order valence-electron chi connectivity index (χ4n) is 3.52. The highest BCUT2D eigenvalue weighted by Gasteiger charge is 2.38. The van der Waals surface area contributed by atoms with Gasteiger partial charge in [-0.25, -0.2) is 9.69 Å². The van der Waals surface area contributed by atoms with Gasteiger partial charge in [0.1, 0.15) is 0 Å². The molecule has 176 valence electrons. The number of nitrogens with zero attached hydrogens (tertiary/aromatic N) is 2. The number of Topliss-reactive ketones (excluding diaryl/α,β-unsaturated/α-hetero) is 1. The van der Waals surface area contributed by atoms with Gasteiger partial charge in [-0.2, -0.15) is 0 Å². The predicted molar refractivity (Wildman–Crippen MR) is 123 cm³/mol. The molecule has 1 aliphatic heterocycles. The maximum atomic E-state index is 12.9. The smallest absolute Gasteiger partial charge is 0.338 e. The summed E-state index contributed by atoms with van der Waals surface area (Å²) in [7, 11) is 1.26. The second-order valence-corrected chi connectivity index (χ2v) is 7.71. The first-order chi connectivity index (χ1) is 16.7. The van der Waals surface area contributed by atoms with E-state index in [4.69, 9.17) is 21.1 Å². The quantitative estimate of drug-likeness (QED) is 0.157. The molecule has 35 heavy (non-hydrogen) atoms. The third-order valence-corrected chi connectivity index (χ3v) is 5.57. The van der Waals surface area contributed by atoms with Crippen LogP contribution in [0.5, 0.6) is 5.75 Å². The van der Waals surface area contributed by atoms with Crippen LogP contribution >= 0.6 is 11.6 Å². The van der Waals surface area contributed by atoms with Crippen molar-refractivity contribution >= 4 is 46.5 Å². The van der Waals surface area contributed by atoms with Crippen LogP contribution in [-0.4, -0.2) is 42.2 Å². The number of amides is 2. The van der Waals surface area contributed by atoms with E-state index in [0.29, 0.717) is 0 Å². The molecule has 1 aliphatic rings. The Balaban J connectivity index is 1.50. The molecule has 0 fully saturated rings. The number of nitro benzene ring substituents is 1. The Morgan fingerprint density at radius 2 is 1.66 bits per heavy atom. The van der Waals surface area contributed by atoms with E-state index in [1.165, 1.54) is 49.6 Å². The van der Waals surface area contributed by atoms with Crippen LogP contribution in [0.25, 0.3) is 0 Å². The summed E-state index contributed by atoms with van der Waals surface area (Å²) in [6.07, 6.45) is 0. The molecule has 0 bridgehead atoms. The average Bonchev–Trinajstić information content (AvgIpc) is 3.11. The zero-order valence-corrected chi connectivity index (χ0v) is 18.8. The molecule has 3 aromatic carbocycles. The number of carbonyl (C=O) groups excluding carboxylic acids is 4. The van der Waals surface area contributed by atoms with E-state index in [9.17, 15) is 29.3 Å². The first kappa shape index (κ1) is 23.6. The van der Waals surface area contributed by atoms with Crippen molar-refractivity contribution in [2.24, 2.45) is 0 Å². The van der Waals surface area contributed by atoms with Crippen molar-refractivity contribution in [1.82, 2.24) is 0 Å². The molecule has 0 N–H and O–H groups in total. The van der Waals surface area contributed by atoms with Gasteiger partial charge in [-0.05, 0) is 42.5 Å². The minimum absolute atomic E-state index is 0.0125. The van der Waals surface area contributed by atoms with E-state index >= 15 is 0 Å². The highest BCUT2D eigenvalue weighted by molar-refractivity contribution is 6.39. The zero-order valence-electron chi connectivity index (χ0n) is 18.0. The monoisotopic (exact) mass is 494 g/mol. The SMILES string of the molecule is COc1ccc(C(=O)COC(=O)c2ccc3c(c2)C(=O)N(c2ccccc2Cl)C3=O)cc1[N+](=O)[O-]. The molecule has 0 aliphatic carbocycles. The summed E-state index contributed by atoms with van der Waals surface area (Å²) in [6, 6.07) is 13.8. The summed E-state index contributed by atoms with van der Waals surface area (Å²) < 4.78 is 9.92. The maximum Gasteiger partial charge on any atom is 0.338 e. The molecule has 11 heteroatoms. The van der Waals surface area contributed by atoms with Gasteiger partial charge in [0.05, 0.1) is 39.4 Å². The van der Waals surface area contributed by atoms with Crippen LogP contribution < -0.4 is 9.64 Å². The summed E-state index contributed by atoms with van der Waals surface area (Å²) in [5.74, 6) is -2.86. The molecule has 0 aromatic heterocycles. The Morgan fingerprint density at radius 3 is 2.34 bits per heavy atom. The third-order valence-electron chi connectivity index (χ3n) is 5.25. The van der Waals surface area contributed by atoms with Crippen LogP contribution in [0, 0.1) is 10.1 Å². The summed E-state index contributed by atoms with van der Waals surface area (Å²) in [6.45, 7) is -0.696. The Morgan fingerprint density at radius 1 is 0.971 bits per heavy atom. The topological polar surface area (TPSA) is 133 Å². The van der Waals surface area contributed by atoms with Crippen molar-refractivity contribution in [2.45, 2.75) is 0 Å². The number of para-hydroxylation sites is 1. The fraction of sp³-hybridized carbons (Fsp3) is 0.0833. The van der Waals surface area contributed by atoms with Crippen LogP contribution in [0.3, 0.4) is 0 Å². The molecule has 1 heterocycles. The van der Waals surface area contributed by atoms with Gasteiger partial charge in [-0.15, -0.1) is 0 Å². The predicted octanol–water partition coefficient (Wildman–Crippen LogP) is 4.10. The minimum atomic E-state index is -0.916. The van der Waals surface area contributed by atoms with Gasteiger partial charge in [0.25, 0.3) is 11.8 Å². The molecule has 0 saturated heterocycles. The van der Waals surface area contributed by atoms with Gasteiger partial charge in [0, 0.05) is 11.6 Å². The van der Waals surface area contributed by atoms with Crippen molar-refractivity contribution in [3.63, 3.8) is 0 Å². The van der Waals surface area contributed by atoms with Crippen molar-refractivity contribution in [3.8, 4) is 5.75 Å². The number of hydrogen-bond acceptors (Lipinski definition) is 8. The summed E-state index contributed by atoms with van der Waals surface area (Å²) in [5.41, 5.74) is -0.220. The maximum absolute atomic E-state index is 12.9. The lowest BCUT2D eigenvalue weighted by Crippen LogP contribution is -2.29. The highest BCUT2D eigenvalue weighted by atomic mass is 35.5. The lowest BCUT2D eigenvalue weighted by Gasteiger charge is -2.15. The molecule has 0 atom stereocenters. The third kappa shape index (κ3) is 4.34. The fourth-order valence-corrected chi connectivity index (χ4v) is 3.74. The average molecular weight is 495 g/mol. The van der Waals surface area contributed by atoms with Crippen molar-refractivity contribution in [2.75, 3.05) is 18.6 Å². The Labute approximate surface area is 202 Å². The highest BCUT2D eigenvalue weighted by Crippen LogP contribution is 2.33. The molecule has 0 unspecified atom stereocenters. The van der Waals surface area contributed by atoms with Gasteiger partial charge >= 0.3 is 11.7 Å². The Kier molecular flexibility index (Phi) is 6.30. The second kappa shape index (κ2) is 9.35. The number of ketones is 1. The molecule has 0 saturated carbocycles. The Hall–Kier alpha value is -4.57. The number of ether oxygens (including phenoxy) is 2. The number of anilines is 1. The molecular weight excluding hydrogens is 480 g/mol. The minimum Gasteiger partial charge on any atom is -0.490 e. The number of rotatable bonds is 7. The second-order valence-electron chi connectivity index (χ2n) is 7.30. The van der Waals surface area contributed by atoms with Crippen LogP contribution in [0.15, 0.2) is 60.7 Å². The molecule has 4 rings (SSSR count). The number of methoxy groups -OCH3 is 1.